The number of nitrogens with one attached hydrogen (secondary N) is 1. The molecule has 1 aliphatic heterocycles. The van der Waals surface area contributed by atoms with E-state index < -0.39 is 0 Å². The molecular formula is C22H28N4. The van der Waals surface area contributed by atoms with Gasteiger partial charge in [-0.15, -0.1) is 0 Å². The van der Waals surface area contributed by atoms with E-state index in [0.717, 1.165) is 44.1 Å². The van der Waals surface area contributed by atoms with E-state index >= 15 is 0 Å². The van der Waals surface area contributed by atoms with E-state index in [4.69, 9.17) is 4.98 Å². The summed E-state index contributed by atoms with van der Waals surface area (Å²) in [6.45, 7) is 11.9. The molecule has 0 spiro atoms. The molecule has 26 heavy (non-hydrogen) atoms. The Morgan fingerprint density at radius 1 is 1.00 bits per heavy atom. The summed E-state index contributed by atoms with van der Waals surface area (Å²) < 4.78 is 2.34. The Balaban J connectivity index is 1.83. The van der Waals surface area contributed by atoms with Gasteiger partial charge in [0.15, 0.2) is 0 Å². The molecule has 0 atom stereocenters. The minimum atomic E-state index is 0.940. The van der Waals surface area contributed by atoms with Crippen molar-refractivity contribution in [1.82, 2.24) is 19.6 Å². The average molecular weight is 348 g/mol. The van der Waals surface area contributed by atoms with E-state index in [1.807, 2.05) is 0 Å². The normalized spacial score (nSPS) is 16.1. The smallest absolute Gasteiger partial charge is 0.137 e. The lowest BCUT2D eigenvalue weighted by molar-refractivity contribution is 0.280. The van der Waals surface area contributed by atoms with Crippen LogP contribution in [-0.4, -0.2) is 40.5 Å². The summed E-state index contributed by atoms with van der Waals surface area (Å²) in [6.07, 6.45) is 1.20. The van der Waals surface area contributed by atoms with Crippen molar-refractivity contribution in [3.8, 4) is 11.3 Å². The predicted octanol–water partition coefficient (Wildman–Crippen LogP) is 3.72. The van der Waals surface area contributed by atoms with E-state index in [1.165, 1.54) is 34.5 Å². The Labute approximate surface area is 155 Å². The molecule has 136 valence electrons. The maximum Gasteiger partial charge on any atom is 0.137 e. The molecule has 1 fully saturated rings. The second-order valence-electron chi connectivity index (χ2n) is 7.45. The molecule has 0 saturated carbocycles. The van der Waals surface area contributed by atoms with Crippen molar-refractivity contribution < 1.29 is 0 Å². The maximum atomic E-state index is 5.02. The van der Waals surface area contributed by atoms with Crippen LogP contribution in [0.15, 0.2) is 36.4 Å². The minimum Gasteiger partial charge on any atom is -0.315 e. The highest BCUT2D eigenvalue weighted by molar-refractivity contribution is 5.68. The third-order valence-electron chi connectivity index (χ3n) is 5.52. The van der Waals surface area contributed by atoms with Crippen molar-refractivity contribution in [3.63, 3.8) is 0 Å². The zero-order chi connectivity index (χ0) is 18.1. The van der Waals surface area contributed by atoms with Crippen molar-refractivity contribution in [2.45, 2.75) is 33.7 Å². The fourth-order valence-corrected chi connectivity index (χ4v) is 3.86. The van der Waals surface area contributed by atoms with E-state index in [9.17, 15) is 0 Å². The zero-order valence-electron chi connectivity index (χ0n) is 16.0. The Bertz CT molecular complexity index is 917. The van der Waals surface area contributed by atoms with Crippen molar-refractivity contribution in [1.29, 1.82) is 0 Å². The summed E-state index contributed by atoms with van der Waals surface area (Å²) in [5, 5.41) is 3.50. The van der Waals surface area contributed by atoms with Gasteiger partial charge in [-0.25, -0.2) is 4.98 Å². The van der Waals surface area contributed by atoms with Gasteiger partial charge in [0.05, 0.1) is 11.4 Å². The van der Waals surface area contributed by atoms with E-state index in [2.05, 4.69) is 71.8 Å². The quantitative estimate of drug-likeness (QED) is 0.783. The number of hydrogen-bond donors (Lipinski definition) is 1. The summed E-state index contributed by atoms with van der Waals surface area (Å²) in [7, 11) is 0. The molecule has 0 unspecified atom stereocenters. The fourth-order valence-electron chi connectivity index (χ4n) is 3.86. The number of benzene rings is 1. The first-order valence-electron chi connectivity index (χ1n) is 9.61. The molecule has 1 aromatic carbocycles. The van der Waals surface area contributed by atoms with Gasteiger partial charge in [-0.05, 0) is 69.6 Å². The Morgan fingerprint density at radius 3 is 2.73 bits per heavy atom. The number of imidazole rings is 1. The first kappa shape index (κ1) is 17.3. The van der Waals surface area contributed by atoms with Gasteiger partial charge in [0.1, 0.15) is 5.65 Å². The Hall–Kier alpha value is -2.17. The molecule has 0 amide bonds. The van der Waals surface area contributed by atoms with Gasteiger partial charge in [-0.3, -0.25) is 9.30 Å². The Morgan fingerprint density at radius 2 is 1.88 bits per heavy atom. The number of rotatable bonds is 3. The molecule has 3 heterocycles. The summed E-state index contributed by atoms with van der Waals surface area (Å²) in [5.41, 5.74) is 8.59. The van der Waals surface area contributed by atoms with Gasteiger partial charge < -0.3 is 5.32 Å². The molecular weight excluding hydrogens is 320 g/mol. The minimum absolute atomic E-state index is 0.940. The molecule has 0 radical (unpaired) electrons. The van der Waals surface area contributed by atoms with Gasteiger partial charge in [0, 0.05) is 30.9 Å². The number of aromatic nitrogens is 2. The molecule has 0 bridgehead atoms. The highest BCUT2D eigenvalue weighted by Crippen LogP contribution is 2.28. The number of nitrogens with zero attached hydrogens (tertiary/aromatic N) is 3. The van der Waals surface area contributed by atoms with Crippen LogP contribution < -0.4 is 5.32 Å². The molecule has 0 aliphatic carbocycles. The third-order valence-corrected chi connectivity index (χ3v) is 5.52. The summed E-state index contributed by atoms with van der Waals surface area (Å²) in [5.74, 6) is 0. The molecule has 1 saturated heterocycles. The number of fused-ring (bicyclic) bond motifs is 1. The molecule has 3 aromatic rings. The van der Waals surface area contributed by atoms with Crippen LogP contribution in [-0.2, 0) is 6.54 Å². The summed E-state index contributed by atoms with van der Waals surface area (Å²) in [4.78, 5) is 7.58. The standard InChI is InChI=1S/C22H28N4/c1-16-8-9-19(14-17(16)2)22-20(15-25-12-5-10-23-11-13-25)26-18(3)6-4-7-21(26)24-22/h4,6-9,14,23H,5,10-13,15H2,1-3H3. The molecule has 4 rings (SSSR count). The van der Waals surface area contributed by atoms with Crippen LogP contribution in [0.5, 0.6) is 0 Å². The second kappa shape index (κ2) is 7.22. The Kier molecular flexibility index (Phi) is 4.79. The molecule has 1 N–H and O–H groups in total. The van der Waals surface area contributed by atoms with E-state index in [-0.39, 0.29) is 0 Å². The third kappa shape index (κ3) is 3.27. The fraction of sp³-hybridized carbons (Fsp3) is 0.409. The first-order valence-corrected chi connectivity index (χ1v) is 9.61. The van der Waals surface area contributed by atoms with Crippen LogP contribution in [0.4, 0.5) is 0 Å². The lowest BCUT2D eigenvalue weighted by Crippen LogP contribution is -2.28. The summed E-state index contributed by atoms with van der Waals surface area (Å²) >= 11 is 0. The van der Waals surface area contributed by atoms with Gasteiger partial charge in [0.25, 0.3) is 0 Å². The van der Waals surface area contributed by atoms with E-state index in [0.29, 0.717) is 0 Å². The van der Waals surface area contributed by atoms with Crippen molar-refractivity contribution in [2.75, 3.05) is 26.2 Å². The van der Waals surface area contributed by atoms with Crippen molar-refractivity contribution >= 4 is 5.65 Å². The number of aryl methyl sites for hydroxylation is 3. The number of hydrogen-bond acceptors (Lipinski definition) is 3. The van der Waals surface area contributed by atoms with Gasteiger partial charge in [0.2, 0.25) is 0 Å². The predicted molar refractivity (Wildman–Crippen MR) is 108 cm³/mol. The lowest BCUT2D eigenvalue weighted by Gasteiger charge is -2.20. The first-order chi connectivity index (χ1) is 12.6. The molecule has 1 aliphatic rings. The van der Waals surface area contributed by atoms with Crippen molar-refractivity contribution in [2.24, 2.45) is 0 Å². The van der Waals surface area contributed by atoms with Crippen LogP contribution >= 0.6 is 0 Å². The molecule has 4 nitrogen and oxygen atoms in total. The molecule has 4 heteroatoms. The van der Waals surface area contributed by atoms with Crippen LogP contribution in [0.2, 0.25) is 0 Å². The van der Waals surface area contributed by atoms with Gasteiger partial charge in [-0.2, -0.15) is 0 Å². The van der Waals surface area contributed by atoms with Gasteiger partial charge in [-0.1, -0.05) is 18.2 Å². The van der Waals surface area contributed by atoms with Crippen LogP contribution in [0, 0.1) is 20.8 Å². The summed E-state index contributed by atoms with van der Waals surface area (Å²) in [6, 6.07) is 13.1. The van der Waals surface area contributed by atoms with Crippen LogP contribution in [0.25, 0.3) is 16.9 Å². The van der Waals surface area contributed by atoms with Crippen LogP contribution in [0.3, 0.4) is 0 Å². The average Bonchev–Trinajstić information content (AvgIpc) is 2.81. The largest absolute Gasteiger partial charge is 0.315 e. The monoisotopic (exact) mass is 348 g/mol. The van der Waals surface area contributed by atoms with E-state index in [1.54, 1.807) is 0 Å². The lowest BCUT2D eigenvalue weighted by atomic mass is 10.0. The second-order valence-corrected chi connectivity index (χ2v) is 7.45. The maximum absolute atomic E-state index is 5.02. The van der Waals surface area contributed by atoms with Crippen molar-refractivity contribution in [3.05, 3.63) is 58.9 Å². The zero-order valence-corrected chi connectivity index (χ0v) is 16.0. The SMILES string of the molecule is Cc1ccc(-c2nc3cccc(C)n3c2CN2CCCNCC2)cc1C. The topological polar surface area (TPSA) is 32.6 Å². The molecule has 2 aromatic heterocycles. The highest BCUT2D eigenvalue weighted by Gasteiger charge is 2.19. The van der Waals surface area contributed by atoms with Crippen LogP contribution in [0.1, 0.15) is 28.9 Å². The number of pyridine rings is 1. The highest BCUT2D eigenvalue weighted by atomic mass is 15.2. The van der Waals surface area contributed by atoms with Gasteiger partial charge >= 0.3 is 0 Å².